The van der Waals surface area contributed by atoms with Gasteiger partial charge in [0.1, 0.15) is 12.3 Å². The average Bonchev–Trinajstić information content (AvgIpc) is 2.63. The Balaban J connectivity index is 1.87. The summed E-state index contributed by atoms with van der Waals surface area (Å²) < 4.78 is 6.45. The Morgan fingerprint density at radius 3 is 2.48 bits per heavy atom. The van der Waals surface area contributed by atoms with Gasteiger partial charge in [-0.1, -0.05) is 46.3 Å². The molecule has 0 heterocycles. The molecule has 0 atom stereocenters. The highest BCUT2D eigenvalue weighted by atomic mass is 79.9. The van der Waals surface area contributed by atoms with Crippen LogP contribution in [0.15, 0.2) is 53.0 Å². The number of carbonyl (C=O) groups is 1. The second-order valence-electron chi connectivity index (χ2n) is 5.93. The van der Waals surface area contributed by atoms with Crippen LogP contribution in [0.1, 0.15) is 25.0 Å². The van der Waals surface area contributed by atoms with E-state index in [9.17, 15) is 4.79 Å². The topological polar surface area (TPSA) is 42.8 Å². The van der Waals surface area contributed by atoms with E-state index in [-0.39, 0.29) is 12.5 Å². The lowest BCUT2D eigenvalue weighted by Gasteiger charge is -2.18. The first kappa shape index (κ1) is 19.5. The summed E-state index contributed by atoms with van der Waals surface area (Å²) in [5.41, 5.74) is 2.45. The highest BCUT2D eigenvalue weighted by molar-refractivity contribution is 9.10. The van der Waals surface area contributed by atoms with E-state index in [1.165, 1.54) is 10.5 Å². The number of benzene rings is 2. The number of carbonyl (C=O) groups excluding carboxylic acids is 1. The van der Waals surface area contributed by atoms with Crippen LogP contribution in [-0.4, -0.2) is 25.6 Å². The fraction of sp³-hybridized carbons (Fsp3) is 0.350. The van der Waals surface area contributed by atoms with Crippen molar-refractivity contribution in [2.24, 2.45) is 0 Å². The molecule has 1 amide bonds. The Morgan fingerprint density at radius 2 is 1.80 bits per heavy atom. The van der Waals surface area contributed by atoms with Gasteiger partial charge in [-0.15, -0.1) is 0 Å². The van der Waals surface area contributed by atoms with Crippen molar-refractivity contribution in [1.29, 1.82) is 0 Å². The maximum Gasteiger partial charge on any atom is 0.258 e. The van der Waals surface area contributed by atoms with Crippen LogP contribution >= 0.6 is 15.9 Å². The fourth-order valence-electron chi connectivity index (χ4n) is 2.62. The Labute approximate surface area is 158 Å². The van der Waals surface area contributed by atoms with Crippen molar-refractivity contribution < 1.29 is 14.4 Å². The Kier molecular flexibility index (Phi) is 7.95. The molecule has 5 heteroatoms. The zero-order chi connectivity index (χ0) is 18.1. The van der Waals surface area contributed by atoms with E-state index in [0.717, 1.165) is 29.7 Å². The lowest BCUT2D eigenvalue weighted by Crippen LogP contribution is -3.10. The van der Waals surface area contributed by atoms with E-state index in [2.05, 4.69) is 53.3 Å². The summed E-state index contributed by atoms with van der Waals surface area (Å²) in [6.45, 7) is 8.10. The number of hydrogen-bond acceptors (Lipinski definition) is 2. The zero-order valence-electron chi connectivity index (χ0n) is 14.8. The van der Waals surface area contributed by atoms with E-state index >= 15 is 0 Å². The summed E-state index contributed by atoms with van der Waals surface area (Å²) in [5, 5.41) is 2.95. The molecule has 2 rings (SSSR count). The molecule has 0 aliphatic carbocycles. The molecular formula is C20H26BrN2O2+. The molecule has 0 fully saturated rings. The van der Waals surface area contributed by atoms with E-state index in [1.807, 2.05) is 30.3 Å². The van der Waals surface area contributed by atoms with Gasteiger partial charge in [-0.2, -0.15) is 0 Å². The van der Waals surface area contributed by atoms with Crippen molar-refractivity contribution in [1.82, 2.24) is 5.32 Å². The second kappa shape index (κ2) is 10.2. The predicted molar refractivity (Wildman–Crippen MR) is 104 cm³/mol. The molecule has 0 bridgehead atoms. The van der Waals surface area contributed by atoms with Crippen LogP contribution < -0.4 is 15.0 Å². The molecule has 0 aromatic heterocycles. The molecule has 0 aliphatic heterocycles. The Morgan fingerprint density at radius 1 is 1.08 bits per heavy atom. The summed E-state index contributed by atoms with van der Waals surface area (Å²) >= 11 is 3.39. The minimum atomic E-state index is -0.120. The molecule has 2 aromatic carbocycles. The highest BCUT2D eigenvalue weighted by Crippen LogP contribution is 2.17. The molecule has 134 valence electrons. The fourth-order valence-corrected chi connectivity index (χ4v) is 3.00. The van der Waals surface area contributed by atoms with E-state index in [1.54, 1.807) is 0 Å². The number of amides is 1. The summed E-state index contributed by atoms with van der Waals surface area (Å²) in [5.74, 6) is 0.556. The summed E-state index contributed by atoms with van der Waals surface area (Å²) in [6.07, 6.45) is 0. The van der Waals surface area contributed by atoms with Gasteiger partial charge < -0.3 is 15.0 Å². The molecule has 4 nitrogen and oxygen atoms in total. The van der Waals surface area contributed by atoms with E-state index in [0.29, 0.717) is 12.3 Å². The van der Waals surface area contributed by atoms with Crippen molar-refractivity contribution in [3.63, 3.8) is 0 Å². The largest absolute Gasteiger partial charge is 0.484 e. The third-order valence-electron chi connectivity index (χ3n) is 4.20. The van der Waals surface area contributed by atoms with Crippen LogP contribution in [0.4, 0.5) is 0 Å². The third kappa shape index (κ3) is 6.52. The molecule has 2 aromatic rings. The van der Waals surface area contributed by atoms with E-state index < -0.39 is 0 Å². The lowest BCUT2D eigenvalue weighted by atomic mass is 10.1. The van der Waals surface area contributed by atoms with Crippen molar-refractivity contribution in [3.05, 3.63) is 64.1 Å². The van der Waals surface area contributed by atoms with Gasteiger partial charge in [0.25, 0.3) is 5.91 Å². The molecule has 2 N–H and O–H groups in total. The van der Waals surface area contributed by atoms with E-state index in [4.69, 9.17) is 4.74 Å². The standard InChI is InChI=1S/C20H25BrN2O2/c1-3-23(4-2)14-17-9-6-5-8-16(17)13-22-20(24)15-25-19-11-7-10-18(21)12-19/h5-12H,3-4,13-15H2,1-2H3,(H,22,24)/p+1. The first-order chi connectivity index (χ1) is 12.1. The molecule has 25 heavy (non-hydrogen) atoms. The van der Waals surface area contributed by atoms with Gasteiger partial charge in [0.2, 0.25) is 0 Å². The number of hydrogen-bond donors (Lipinski definition) is 2. The summed E-state index contributed by atoms with van der Waals surface area (Å²) in [4.78, 5) is 13.6. The number of nitrogens with one attached hydrogen (secondary N) is 2. The van der Waals surface area contributed by atoms with Crippen LogP contribution in [0, 0.1) is 0 Å². The van der Waals surface area contributed by atoms with Crippen LogP contribution in [-0.2, 0) is 17.9 Å². The molecule has 0 aliphatic rings. The number of rotatable bonds is 9. The SMILES string of the molecule is CC[NH+](CC)Cc1ccccc1CNC(=O)COc1cccc(Br)c1. The minimum Gasteiger partial charge on any atom is -0.484 e. The molecule has 0 unspecified atom stereocenters. The van der Waals surface area contributed by atoms with Gasteiger partial charge in [0.05, 0.1) is 13.1 Å². The Bertz CT molecular complexity index is 687. The molecular weight excluding hydrogens is 380 g/mol. The average molecular weight is 406 g/mol. The molecule has 0 saturated carbocycles. The molecule has 0 spiro atoms. The number of quaternary nitrogens is 1. The van der Waals surface area contributed by atoms with Crippen LogP contribution in [0.3, 0.4) is 0 Å². The monoisotopic (exact) mass is 405 g/mol. The zero-order valence-corrected chi connectivity index (χ0v) is 16.4. The first-order valence-corrected chi connectivity index (χ1v) is 9.47. The normalized spacial score (nSPS) is 10.7. The van der Waals surface area contributed by atoms with Gasteiger partial charge in [-0.3, -0.25) is 4.79 Å². The smallest absolute Gasteiger partial charge is 0.258 e. The van der Waals surface area contributed by atoms with Crippen LogP contribution in [0.25, 0.3) is 0 Å². The Hall–Kier alpha value is -1.85. The lowest BCUT2D eigenvalue weighted by molar-refractivity contribution is -0.910. The quantitative estimate of drug-likeness (QED) is 0.672. The van der Waals surface area contributed by atoms with Gasteiger partial charge in [-0.25, -0.2) is 0 Å². The first-order valence-electron chi connectivity index (χ1n) is 8.67. The van der Waals surface area contributed by atoms with Crippen molar-refractivity contribution in [2.75, 3.05) is 19.7 Å². The predicted octanol–water partition coefficient (Wildman–Crippen LogP) is 2.57. The number of halogens is 1. The van der Waals surface area contributed by atoms with Gasteiger partial charge >= 0.3 is 0 Å². The van der Waals surface area contributed by atoms with Crippen LogP contribution in [0.5, 0.6) is 5.75 Å². The van der Waals surface area contributed by atoms with Crippen LogP contribution in [0.2, 0.25) is 0 Å². The van der Waals surface area contributed by atoms with Crippen molar-refractivity contribution >= 4 is 21.8 Å². The highest BCUT2D eigenvalue weighted by Gasteiger charge is 2.10. The maximum absolute atomic E-state index is 12.1. The maximum atomic E-state index is 12.1. The summed E-state index contributed by atoms with van der Waals surface area (Å²) in [6, 6.07) is 15.8. The van der Waals surface area contributed by atoms with Crippen molar-refractivity contribution in [3.8, 4) is 5.75 Å². The van der Waals surface area contributed by atoms with Gasteiger partial charge in [0.15, 0.2) is 6.61 Å². The van der Waals surface area contributed by atoms with Gasteiger partial charge in [-0.05, 0) is 37.6 Å². The third-order valence-corrected chi connectivity index (χ3v) is 4.69. The van der Waals surface area contributed by atoms with Gasteiger partial charge in [0, 0.05) is 16.6 Å². The number of ether oxygens (including phenoxy) is 1. The molecule has 0 saturated heterocycles. The molecule has 0 radical (unpaired) electrons. The second-order valence-corrected chi connectivity index (χ2v) is 6.84. The summed E-state index contributed by atoms with van der Waals surface area (Å²) in [7, 11) is 0. The van der Waals surface area contributed by atoms with Crippen molar-refractivity contribution in [2.45, 2.75) is 26.9 Å². The minimum absolute atomic E-state index is 0.0138.